The molecule has 0 bridgehead atoms. The highest BCUT2D eigenvalue weighted by atomic mass is 79.9. The van der Waals surface area contributed by atoms with Gasteiger partial charge in [0.25, 0.3) is 0 Å². The minimum Gasteiger partial charge on any atom is -0.480 e. The van der Waals surface area contributed by atoms with Crippen molar-refractivity contribution >= 4 is 21.9 Å². The molecular weight excluding hydrogens is 238 g/mol. The summed E-state index contributed by atoms with van der Waals surface area (Å²) in [5, 5.41) is 0. The molecule has 0 aliphatic heterocycles. The van der Waals surface area contributed by atoms with Gasteiger partial charge in [0.15, 0.2) is 0 Å². The molecule has 6 heteroatoms. The van der Waals surface area contributed by atoms with Gasteiger partial charge in [-0.3, -0.25) is 0 Å². The molecule has 1 aromatic heterocycles. The van der Waals surface area contributed by atoms with Crippen LogP contribution in [0.2, 0.25) is 0 Å². The quantitative estimate of drug-likeness (QED) is 0.863. The zero-order chi connectivity index (χ0) is 9.84. The van der Waals surface area contributed by atoms with E-state index in [2.05, 4.69) is 25.9 Å². The third-order valence-electron chi connectivity index (χ3n) is 1.38. The number of nitrogens with two attached hydrogens (primary N) is 1. The lowest BCUT2D eigenvalue weighted by Crippen LogP contribution is -2.04. The van der Waals surface area contributed by atoms with E-state index in [1.54, 1.807) is 7.11 Å². The Labute approximate surface area is 84.4 Å². The number of halogens is 1. The van der Waals surface area contributed by atoms with Crippen LogP contribution >= 0.6 is 15.9 Å². The molecule has 0 aliphatic carbocycles. The maximum Gasteiger partial charge on any atom is 0.232 e. The van der Waals surface area contributed by atoms with Gasteiger partial charge in [0, 0.05) is 7.11 Å². The van der Waals surface area contributed by atoms with Crippen LogP contribution in [0.1, 0.15) is 5.69 Å². The average molecular weight is 248 g/mol. The molecule has 5 nitrogen and oxygen atoms in total. The van der Waals surface area contributed by atoms with Crippen molar-refractivity contribution in [3.05, 3.63) is 10.2 Å². The summed E-state index contributed by atoms with van der Waals surface area (Å²) in [5.41, 5.74) is 6.13. The number of hydrogen-bond donors (Lipinski definition) is 1. The maximum atomic E-state index is 5.46. The highest BCUT2D eigenvalue weighted by Gasteiger charge is 2.10. The first-order chi connectivity index (χ1) is 6.19. The van der Waals surface area contributed by atoms with Gasteiger partial charge in [-0.1, -0.05) is 0 Å². The second kappa shape index (κ2) is 4.38. The van der Waals surface area contributed by atoms with E-state index in [4.69, 9.17) is 15.2 Å². The molecular formula is C7H10BrN3O2. The number of methoxy groups -OCH3 is 2. The molecule has 0 saturated heterocycles. The molecule has 1 heterocycles. The van der Waals surface area contributed by atoms with E-state index >= 15 is 0 Å². The summed E-state index contributed by atoms with van der Waals surface area (Å²) in [7, 11) is 3.10. The molecule has 0 aliphatic rings. The Morgan fingerprint density at radius 2 is 2.08 bits per heavy atom. The highest BCUT2D eigenvalue weighted by Crippen LogP contribution is 2.26. The minimum absolute atomic E-state index is 0.173. The lowest BCUT2D eigenvalue weighted by molar-refractivity contribution is 0.180. The van der Waals surface area contributed by atoms with Gasteiger partial charge in [-0.2, -0.15) is 4.98 Å². The standard InChI is InChI=1S/C7H10BrN3O2/c1-12-3-4-5(8)6(13-2)11-7(9)10-4/h3H2,1-2H3,(H2,9,10,11). The molecule has 1 aromatic rings. The predicted molar refractivity (Wildman–Crippen MR) is 51.4 cm³/mol. The van der Waals surface area contributed by atoms with Gasteiger partial charge < -0.3 is 15.2 Å². The van der Waals surface area contributed by atoms with E-state index in [0.717, 1.165) is 0 Å². The Bertz CT molecular complexity index is 306. The average Bonchev–Trinajstić information content (AvgIpc) is 2.11. The number of rotatable bonds is 3. The molecule has 72 valence electrons. The summed E-state index contributed by atoms with van der Waals surface area (Å²) in [6.45, 7) is 0.365. The van der Waals surface area contributed by atoms with Gasteiger partial charge in [-0.15, -0.1) is 0 Å². The number of nitrogen functional groups attached to an aromatic ring is 1. The summed E-state index contributed by atoms with van der Waals surface area (Å²) in [5.74, 6) is 0.589. The third kappa shape index (κ3) is 2.28. The van der Waals surface area contributed by atoms with Crippen molar-refractivity contribution < 1.29 is 9.47 Å². The topological polar surface area (TPSA) is 70.3 Å². The summed E-state index contributed by atoms with van der Waals surface area (Å²) in [6, 6.07) is 0. The van der Waals surface area contributed by atoms with Crippen LogP contribution in [0.3, 0.4) is 0 Å². The van der Waals surface area contributed by atoms with E-state index in [9.17, 15) is 0 Å². The zero-order valence-corrected chi connectivity index (χ0v) is 8.96. The van der Waals surface area contributed by atoms with Crippen molar-refractivity contribution in [1.82, 2.24) is 9.97 Å². The first-order valence-corrected chi connectivity index (χ1v) is 4.33. The molecule has 0 amide bonds. The van der Waals surface area contributed by atoms with Gasteiger partial charge in [0.2, 0.25) is 11.8 Å². The van der Waals surface area contributed by atoms with Gasteiger partial charge in [-0.25, -0.2) is 4.98 Å². The lowest BCUT2D eigenvalue weighted by Gasteiger charge is -2.07. The van der Waals surface area contributed by atoms with Crippen molar-refractivity contribution in [2.75, 3.05) is 20.0 Å². The number of hydrogen-bond acceptors (Lipinski definition) is 5. The lowest BCUT2D eigenvalue weighted by atomic mass is 10.4. The molecule has 0 unspecified atom stereocenters. The van der Waals surface area contributed by atoms with Gasteiger partial charge >= 0.3 is 0 Å². The van der Waals surface area contributed by atoms with Crippen LogP contribution in [-0.2, 0) is 11.3 Å². The molecule has 1 rings (SSSR count). The van der Waals surface area contributed by atoms with E-state index < -0.39 is 0 Å². The van der Waals surface area contributed by atoms with Gasteiger partial charge in [0.05, 0.1) is 19.4 Å². The third-order valence-corrected chi connectivity index (χ3v) is 2.18. The summed E-state index contributed by atoms with van der Waals surface area (Å²) >= 11 is 3.29. The largest absolute Gasteiger partial charge is 0.480 e. The van der Waals surface area contributed by atoms with E-state index in [1.807, 2.05) is 0 Å². The Morgan fingerprint density at radius 3 is 2.62 bits per heavy atom. The van der Waals surface area contributed by atoms with Crippen molar-refractivity contribution in [3.63, 3.8) is 0 Å². The second-order valence-corrected chi connectivity index (χ2v) is 3.08. The summed E-state index contributed by atoms with van der Waals surface area (Å²) in [4.78, 5) is 7.86. The number of ether oxygens (including phenoxy) is 2. The van der Waals surface area contributed by atoms with Gasteiger partial charge in [0.1, 0.15) is 4.47 Å². The van der Waals surface area contributed by atoms with Crippen molar-refractivity contribution in [1.29, 1.82) is 0 Å². The molecule has 13 heavy (non-hydrogen) atoms. The molecule has 0 saturated carbocycles. The number of anilines is 1. The molecule has 0 atom stereocenters. The maximum absolute atomic E-state index is 5.46. The van der Waals surface area contributed by atoms with Crippen LogP contribution < -0.4 is 10.5 Å². The van der Waals surface area contributed by atoms with Crippen LogP contribution in [0.15, 0.2) is 4.47 Å². The molecule has 0 fully saturated rings. The SMILES string of the molecule is COCc1nc(N)nc(OC)c1Br. The van der Waals surface area contributed by atoms with Crippen LogP contribution in [0.25, 0.3) is 0 Å². The van der Waals surface area contributed by atoms with E-state index in [-0.39, 0.29) is 5.95 Å². The Balaban J connectivity index is 3.11. The van der Waals surface area contributed by atoms with Gasteiger partial charge in [-0.05, 0) is 15.9 Å². The first-order valence-electron chi connectivity index (χ1n) is 3.53. The fraction of sp³-hybridized carbons (Fsp3) is 0.429. The van der Waals surface area contributed by atoms with Crippen molar-refractivity contribution in [3.8, 4) is 5.88 Å². The fourth-order valence-corrected chi connectivity index (χ4v) is 1.31. The number of nitrogens with zero attached hydrogens (tertiary/aromatic N) is 2. The van der Waals surface area contributed by atoms with Crippen LogP contribution in [0.5, 0.6) is 5.88 Å². The van der Waals surface area contributed by atoms with E-state index in [1.165, 1.54) is 7.11 Å². The second-order valence-electron chi connectivity index (χ2n) is 2.28. The van der Waals surface area contributed by atoms with E-state index in [0.29, 0.717) is 22.7 Å². The predicted octanol–water partition coefficient (Wildman–Crippen LogP) is 0.976. The van der Waals surface area contributed by atoms with Crippen molar-refractivity contribution in [2.45, 2.75) is 6.61 Å². The number of aromatic nitrogens is 2. The molecule has 2 N–H and O–H groups in total. The van der Waals surface area contributed by atoms with Crippen LogP contribution in [0.4, 0.5) is 5.95 Å². The normalized spacial score (nSPS) is 10.1. The smallest absolute Gasteiger partial charge is 0.232 e. The summed E-state index contributed by atoms with van der Waals surface area (Å²) < 4.78 is 10.6. The Kier molecular flexibility index (Phi) is 3.44. The molecule has 0 spiro atoms. The summed E-state index contributed by atoms with van der Waals surface area (Å²) in [6.07, 6.45) is 0. The fourth-order valence-electron chi connectivity index (χ4n) is 0.857. The first kappa shape index (κ1) is 10.2. The van der Waals surface area contributed by atoms with Crippen LogP contribution in [-0.4, -0.2) is 24.2 Å². The minimum atomic E-state index is 0.173. The molecule has 0 radical (unpaired) electrons. The Morgan fingerprint density at radius 1 is 1.38 bits per heavy atom. The van der Waals surface area contributed by atoms with Crippen LogP contribution in [0, 0.1) is 0 Å². The van der Waals surface area contributed by atoms with Crippen molar-refractivity contribution in [2.24, 2.45) is 0 Å². The zero-order valence-electron chi connectivity index (χ0n) is 7.37. The monoisotopic (exact) mass is 247 g/mol. The molecule has 0 aromatic carbocycles. The highest BCUT2D eigenvalue weighted by molar-refractivity contribution is 9.10. The Hall–Kier alpha value is -0.880.